The van der Waals surface area contributed by atoms with E-state index in [0.717, 1.165) is 12.3 Å². The van der Waals surface area contributed by atoms with Crippen LogP contribution in [-0.4, -0.2) is 7.11 Å². The highest BCUT2D eigenvalue weighted by molar-refractivity contribution is 5.49. The van der Waals surface area contributed by atoms with Crippen LogP contribution >= 0.6 is 0 Å². The topological polar surface area (TPSA) is 21.3 Å². The van der Waals surface area contributed by atoms with Crippen LogP contribution in [0.15, 0.2) is 42.5 Å². The van der Waals surface area contributed by atoms with Crippen molar-refractivity contribution < 1.29 is 4.74 Å². The summed E-state index contributed by atoms with van der Waals surface area (Å²) in [6, 6.07) is 15.2. The summed E-state index contributed by atoms with van der Waals surface area (Å²) in [7, 11) is 1.74. The van der Waals surface area contributed by atoms with Crippen molar-refractivity contribution in [3.05, 3.63) is 64.7 Å². The Bertz CT molecular complexity index is 560. The summed E-state index contributed by atoms with van der Waals surface area (Å²) < 4.78 is 5.49. The Balaban J connectivity index is 2.06. The third-order valence-electron chi connectivity index (χ3n) is 3.57. The maximum atomic E-state index is 5.49. The molecule has 92 valence electrons. The minimum Gasteiger partial charge on any atom is -0.496 e. The standard InChI is InChI=1S/C16H17NO/c1-11-6-8-12(9-7-11)16-15-13(10-17-16)4-3-5-14(15)18-2/h3-9,16-17H,10H2,1-2H3. The molecular formula is C16H17NO. The Labute approximate surface area is 108 Å². The molecule has 0 aliphatic carbocycles. The van der Waals surface area contributed by atoms with Crippen molar-refractivity contribution >= 4 is 0 Å². The monoisotopic (exact) mass is 239 g/mol. The van der Waals surface area contributed by atoms with Gasteiger partial charge in [-0.3, -0.25) is 0 Å². The Morgan fingerprint density at radius 2 is 1.89 bits per heavy atom. The quantitative estimate of drug-likeness (QED) is 0.869. The molecule has 0 spiro atoms. The molecule has 2 aromatic rings. The lowest BCUT2D eigenvalue weighted by Gasteiger charge is -2.15. The van der Waals surface area contributed by atoms with Gasteiger partial charge < -0.3 is 10.1 Å². The predicted octanol–water partition coefficient (Wildman–Crippen LogP) is 3.20. The minimum absolute atomic E-state index is 0.247. The number of rotatable bonds is 2. The molecule has 18 heavy (non-hydrogen) atoms. The first-order valence-corrected chi connectivity index (χ1v) is 6.25. The highest BCUT2D eigenvalue weighted by Gasteiger charge is 2.26. The molecule has 1 unspecified atom stereocenters. The van der Waals surface area contributed by atoms with Gasteiger partial charge in [-0.05, 0) is 24.1 Å². The molecule has 0 saturated heterocycles. The first kappa shape index (κ1) is 11.3. The Kier molecular flexibility index (Phi) is 2.80. The lowest BCUT2D eigenvalue weighted by atomic mass is 9.97. The number of ether oxygens (including phenoxy) is 1. The maximum Gasteiger partial charge on any atom is 0.124 e. The van der Waals surface area contributed by atoms with Crippen molar-refractivity contribution in [2.75, 3.05) is 7.11 Å². The van der Waals surface area contributed by atoms with Crippen molar-refractivity contribution in [1.29, 1.82) is 0 Å². The second-order valence-electron chi connectivity index (χ2n) is 4.76. The van der Waals surface area contributed by atoms with Gasteiger partial charge in [0.2, 0.25) is 0 Å². The van der Waals surface area contributed by atoms with Gasteiger partial charge >= 0.3 is 0 Å². The van der Waals surface area contributed by atoms with Gasteiger partial charge in [-0.25, -0.2) is 0 Å². The number of fused-ring (bicyclic) bond motifs is 1. The van der Waals surface area contributed by atoms with Gasteiger partial charge in [-0.2, -0.15) is 0 Å². The van der Waals surface area contributed by atoms with E-state index in [1.807, 2.05) is 6.07 Å². The molecule has 0 saturated carbocycles. The molecule has 0 amide bonds. The third kappa shape index (κ3) is 1.79. The molecule has 1 aliphatic rings. The predicted molar refractivity (Wildman–Crippen MR) is 72.9 cm³/mol. The second kappa shape index (κ2) is 4.46. The van der Waals surface area contributed by atoms with E-state index >= 15 is 0 Å². The summed E-state index contributed by atoms with van der Waals surface area (Å²) in [5.74, 6) is 0.975. The van der Waals surface area contributed by atoms with Gasteiger partial charge in [-0.1, -0.05) is 42.0 Å². The second-order valence-corrected chi connectivity index (χ2v) is 4.76. The summed E-state index contributed by atoms with van der Waals surface area (Å²) in [6.45, 7) is 3.02. The summed E-state index contributed by atoms with van der Waals surface area (Å²) in [6.07, 6.45) is 0. The summed E-state index contributed by atoms with van der Waals surface area (Å²) in [5.41, 5.74) is 5.20. The van der Waals surface area contributed by atoms with Crippen LogP contribution in [0.4, 0.5) is 0 Å². The molecule has 1 atom stereocenters. The van der Waals surface area contributed by atoms with Crippen LogP contribution in [0.25, 0.3) is 0 Å². The highest BCUT2D eigenvalue weighted by atomic mass is 16.5. The molecule has 2 nitrogen and oxygen atoms in total. The van der Waals surface area contributed by atoms with Gasteiger partial charge in [-0.15, -0.1) is 0 Å². The Hall–Kier alpha value is -1.80. The molecule has 0 radical (unpaired) electrons. The largest absolute Gasteiger partial charge is 0.496 e. The lowest BCUT2D eigenvalue weighted by molar-refractivity contribution is 0.407. The molecular weight excluding hydrogens is 222 g/mol. The van der Waals surface area contributed by atoms with Crippen LogP contribution in [-0.2, 0) is 6.54 Å². The van der Waals surface area contributed by atoms with E-state index in [1.165, 1.54) is 22.3 Å². The summed E-state index contributed by atoms with van der Waals surface area (Å²) in [5, 5.41) is 3.55. The zero-order valence-electron chi connectivity index (χ0n) is 10.7. The number of aryl methyl sites for hydroxylation is 1. The summed E-state index contributed by atoms with van der Waals surface area (Å²) >= 11 is 0. The number of methoxy groups -OCH3 is 1. The van der Waals surface area contributed by atoms with Gasteiger partial charge in [0.05, 0.1) is 13.2 Å². The fourth-order valence-electron chi connectivity index (χ4n) is 2.61. The number of nitrogens with one attached hydrogen (secondary N) is 1. The molecule has 0 bridgehead atoms. The smallest absolute Gasteiger partial charge is 0.124 e. The van der Waals surface area contributed by atoms with Gasteiger partial charge in [0.1, 0.15) is 5.75 Å². The fourth-order valence-corrected chi connectivity index (χ4v) is 2.61. The molecule has 2 heteroatoms. The van der Waals surface area contributed by atoms with Crippen LogP contribution in [0, 0.1) is 6.92 Å². The molecule has 3 rings (SSSR count). The molecule has 0 fully saturated rings. The van der Waals surface area contributed by atoms with Gasteiger partial charge in [0.15, 0.2) is 0 Å². The lowest BCUT2D eigenvalue weighted by Crippen LogP contribution is -2.13. The zero-order chi connectivity index (χ0) is 12.5. The van der Waals surface area contributed by atoms with Crippen molar-refractivity contribution in [3.8, 4) is 5.75 Å². The summed E-state index contributed by atoms with van der Waals surface area (Å²) in [4.78, 5) is 0. The molecule has 1 heterocycles. The van der Waals surface area contributed by atoms with E-state index < -0.39 is 0 Å². The highest BCUT2D eigenvalue weighted by Crippen LogP contribution is 2.37. The van der Waals surface area contributed by atoms with Crippen LogP contribution in [0.3, 0.4) is 0 Å². The number of hydrogen-bond acceptors (Lipinski definition) is 2. The zero-order valence-corrected chi connectivity index (χ0v) is 10.7. The first-order chi connectivity index (χ1) is 8.79. The molecule has 1 aliphatic heterocycles. The van der Waals surface area contributed by atoms with Crippen molar-refractivity contribution in [3.63, 3.8) is 0 Å². The Morgan fingerprint density at radius 3 is 2.61 bits per heavy atom. The van der Waals surface area contributed by atoms with Crippen LogP contribution < -0.4 is 10.1 Å². The van der Waals surface area contributed by atoms with Gasteiger partial charge in [0, 0.05) is 12.1 Å². The van der Waals surface area contributed by atoms with Crippen molar-refractivity contribution in [2.24, 2.45) is 0 Å². The molecule has 2 aromatic carbocycles. The van der Waals surface area contributed by atoms with Crippen LogP contribution in [0.5, 0.6) is 5.75 Å². The van der Waals surface area contributed by atoms with E-state index in [2.05, 4.69) is 48.6 Å². The first-order valence-electron chi connectivity index (χ1n) is 6.25. The molecule has 0 aromatic heterocycles. The van der Waals surface area contributed by atoms with Crippen LogP contribution in [0.1, 0.15) is 28.3 Å². The SMILES string of the molecule is COc1cccc2c1C(c1ccc(C)cc1)NC2. The normalized spacial score (nSPS) is 17.6. The van der Waals surface area contributed by atoms with Gasteiger partial charge in [0.25, 0.3) is 0 Å². The van der Waals surface area contributed by atoms with E-state index in [0.29, 0.717) is 0 Å². The van der Waals surface area contributed by atoms with E-state index in [1.54, 1.807) is 7.11 Å². The minimum atomic E-state index is 0.247. The van der Waals surface area contributed by atoms with Crippen LogP contribution in [0.2, 0.25) is 0 Å². The average Bonchev–Trinajstić information content (AvgIpc) is 2.83. The molecule has 1 N–H and O–H groups in total. The van der Waals surface area contributed by atoms with Crippen molar-refractivity contribution in [2.45, 2.75) is 19.5 Å². The maximum absolute atomic E-state index is 5.49. The van der Waals surface area contributed by atoms with E-state index in [-0.39, 0.29) is 6.04 Å². The van der Waals surface area contributed by atoms with E-state index in [4.69, 9.17) is 4.74 Å². The average molecular weight is 239 g/mol. The number of benzene rings is 2. The Morgan fingerprint density at radius 1 is 1.11 bits per heavy atom. The van der Waals surface area contributed by atoms with Crippen molar-refractivity contribution in [1.82, 2.24) is 5.32 Å². The number of hydrogen-bond donors (Lipinski definition) is 1. The fraction of sp³-hybridized carbons (Fsp3) is 0.250. The third-order valence-corrected chi connectivity index (χ3v) is 3.57. The van der Waals surface area contributed by atoms with E-state index in [9.17, 15) is 0 Å².